The zero-order chi connectivity index (χ0) is 11.1. The van der Waals surface area contributed by atoms with E-state index in [9.17, 15) is 0 Å². The number of methoxy groups -OCH3 is 2. The van der Waals surface area contributed by atoms with E-state index in [2.05, 4.69) is 6.58 Å². The summed E-state index contributed by atoms with van der Waals surface area (Å²) in [5.41, 5.74) is 0. The summed E-state index contributed by atoms with van der Waals surface area (Å²) in [5.74, 6) is 0.262. The number of rotatable bonds is 6. The van der Waals surface area contributed by atoms with Gasteiger partial charge in [0, 0.05) is 26.7 Å². The highest BCUT2D eigenvalue weighted by atomic mass is 16.7. The first kappa shape index (κ1) is 12.7. The van der Waals surface area contributed by atoms with E-state index in [4.69, 9.17) is 14.2 Å². The van der Waals surface area contributed by atoms with Crippen molar-refractivity contribution in [3.63, 3.8) is 0 Å². The normalized spacial score (nSPS) is 24.1. The van der Waals surface area contributed by atoms with E-state index in [0.29, 0.717) is 0 Å². The van der Waals surface area contributed by atoms with Gasteiger partial charge >= 0.3 is 0 Å². The van der Waals surface area contributed by atoms with Gasteiger partial charge in [-0.05, 0) is 25.7 Å². The van der Waals surface area contributed by atoms with Gasteiger partial charge in [0.25, 0.3) is 0 Å². The summed E-state index contributed by atoms with van der Waals surface area (Å²) in [5, 5.41) is 0. The molecule has 1 saturated heterocycles. The summed E-state index contributed by atoms with van der Waals surface area (Å²) in [7, 11) is 3.35. The summed E-state index contributed by atoms with van der Waals surface area (Å²) < 4.78 is 16.4. The maximum atomic E-state index is 5.77. The van der Waals surface area contributed by atoms with Crippen molar-refractivity contribution in [2.45, 2.75) is 38.1 Å². The maximum Gasteiger partial charge on any atom is 0.162 e. The molecule has 0 aromatic heterocycles. The molecule has 88 valence electrons. The maximum absolute atomic E-state index is 5.77. The number of hydrogen-bond donors (Lipinski definition) is 0. The molecular formula is C12H22O3. The van der Waals surface area contributed by atoms with E-state index in [1.807, 2.05) is 6.08 Å². The Morgan fingerprint density at radius 2 is 2.13 bits per heavy atom. The number of allylic oxidation sites excluding steroid dienone is 1. The molecule has 0 saturated carbocycles. The number of ether oxygens (including phenoxy) is 3. The van der Waals surface area contributed by atoms with Crippen LogP contribution in [0.5, 0.6) is 0 Å². The molecule has 3 heteroatoms. The fraction of sp³-hybridized carbons (Fsp3) is 0.833. The van der Waals surface area contributed by atoms with Crippen LogP contribution in [0.15, 0.2) is 12.7 Å². The lowest BCUT2D eigenvalue weighted by atomic mass is 9.92. The van der Waals surface area contributed by atoms with Crippen LogP contribution in [0.2, 0.25) is 0 Å². The van der Waals surface area contributed by atoms with E-state index >= 15 is 0 Å². The topological polar surface area (TPSA) is 27.7 Å². The zero-order valence-corrected chi connectivity index (χ0v) is 9.78. The van der Waals surface area contributed by atoms with Gasteiger partial charge in [0.2, 0.25) is 0 Å². The third-order valence-corrected chi connectivity index (χ3v) is 2.95. The van der Waals surface area contributed by atoms with Crippen LogP contribution in [0.1, 0.15) is 25.7 Å². The SMILES string of the molecule is C=CC[C@H](C(OC)OC)[C@H]1CCCCO1. The smallest absolute Gasteiger partial charge is 0.162 e. The molecule has 0 amide bonds. The molecule has 0 radical (unpaired) electrons. The van der Waals surface area contributed by atoms with Crippen LogP contribution in [0.4, 0.5) is 0 Å². The Morgan fingerprint density at radius 3 is 2.60 bits per heavy atom. The van der Waals surface area contributed by atoms with Gasteiger partial charge < -0.3 is 14.2 Å². The van der Waals surface area contributed by atoms with E-state index in [1.54, 1.807) is 14.2 Å². The average Bonchev–Trinajstić information content (AvgIpc) is 2.30. The van der Waals surface area contributed by atoms with E-state index in [0.717, 1.165) is 19.4 Å². The fourth-order valence-corrected chi connectivity index (χ4v) is 2.18. The second kappa shape index (κ2) is 6.99. The van der Waals surface area contributed by atoms with Crippen LogP contribution in [0, 0.1) is 5.92 Å². The largest absolute Gasteiger partial charge is 0.378 e. The second-order valence-corrected chi connectivity index (χ2v) is 3.93. The van der Waals surface area contributed by atoms with Gasteiger partial charge in [-0.1, -0.05) is 6.08 Å². The van der Waals surface area contributed by atoms with E-state index in [1.165, 1.54) is 12.8 Å². The predicted octanol–water partition coefficient (Wildman–Crippen LogP) is 2.37. The minimum atomic E-state index is -0.189. The predicted molar refractivity (Wildman–Crippen MR) is 59.7 cm³/mol. The highest BCUT2D eigenvalue weighted by Crippen LogP contribution is 2.27. The second-order valence-electron chi connectivity index (χ2n) is 3.93. The minimum Gasteiger partial charge on any atom is -0.378 e. The van der Waals surface area contributed by atoms with Crippen LogP contribution in [0.3, 0.4) is 0 Å². The zero-order valence-electron chi connectivity index (χ0n) is 9.78. The molecule has 0 spiro atoms. The molecular weight excluding hydrogens is 192 g/mol. The first-order valence-corrected chi connectivity index (χ1v) is 5.61. The van der Waals surface area contributed by atoms with Crippen LogP contribution >= 0.6 is 0 Å². The summed E-state index contributed by atoms with van der Waals surface area (Å²) in [6.45, 7) is 4.64. The molecule has 1 aliphatic rings. The monoisotopic (exact) mass is 214 g/mol. The summed E-state index contributed by atoms with van der Waals surface area (Å²) in [4.78, 5) is 0. The molecule has 15 heavy (non-hydrogen) atoms. The van der Waals surface area contributed by atoms with Crippen molar-refractivity contribution >= 4 is 0 Å². The summed E-state index contributed by atoms with van der Waals surface area (Å²) in [6.07, 6.45) is 6.35. The molecule has 1 aliphatic heterocycles. The molecule has 3 nitrogen and oxygen atoms in total. The highest BCUT2D eigenvalue weighted by Gasteiger charge is 2.30. The average molecular weight is 214 g/mol. The lowest BCUT2D eigenvalue weighted by molar-refractivity contribution is -0.174. The van der Waals surface area contributed by atoms with Crippen molar-refractivity contribution in [1.29, 1.82) is 0 Å². The fourth-order valence-electron chi connectivity index (χ4n) is 2.18. The molecule has 0 unspecified atom stereocenters. The lowest BCUT2D eigenvalue weighted by Gasteiger charge is -2.33. The number of hydrogen-bond acceptors (Lipinski definition) is 3. The third kappa shape index (κ3) is 3.59. The van der Waals surface area contributed by atoms with Crippen molar-refractivity contribution in [3.05, 3.63) is 12.7 Å². The van der Waals surface area contributed by atoms with Crippen molar-refractivity contribution in [1.82, 2.24) is 0 Å². The van der Waals surface area contributed by atoms with Crippen LogP contribution < -0.4 is 0 Å². The molecule has 0 aromatic rings. The molecule has 0 aromatic carbocycles. The Morgan fingerprint density at radius 1 is 1.40 bits per heavy atom. The molecule has 0 bridgehead atoms. The van der Waals surface area contributed by atoms with Crippen molar-refractivity contribution in [3.8, 4) is 0 Å². The third-order valence-electron chi connectivity index (χ3n) is 2.95. The standard InChI is InChI=1S/C12H22O3/c1-4-7-10(12(13-2)14-3)11-8-5-6-9-15-11/h4,10-12H,1,5-9H2,2-3H3/t10-,11+/m0/s1. The molecule has 1 rings (SSSR count). The van der Waals surface area contributed by atoms with Crippen molar-refractivity contribution in [2.75, 3.05) is 20.8 Å². The molecule has 2 atom stereocenters. The Bertz CT molecular complexity index is 172. The van der Waals surface area contributed by atoms with Crippen LogP contribution in [-0.4, -0.2) is 33.2 Å². The van der Waals surface area contributed by atoms with E-state index < -0.39 is 0 Å². The Hall–Kier alpha value is -0.380. The first-order chi connectivity index (χ1) is 7.33. The Labute approximate surface area is 92.4 Å². The quantitative estimate of drug-likeness (QED) is 0.502. The summed E-state index contributed by atoms with van der Waals surface area (Å²) >= 11 is 0. The Kier molecular flexibility index (Phi) is 5.91. The van der Waals surface area contributed by atoms with Crippen LogP contribution in [-0.2, 0) is 14.2 Å². The van der Waals surface area contributed by atoms with Gasteiger partial charge in [0.05, 0.1) is 6.10 Å². The summed E-state index contributed by atoms with van der Waals surface area (Å²) in [6, 6.07) is 0. The van der Waals surface area contributed by atoms with Gasteiger partial charge in [0.1, 0.15) is 0 Å². The molecule has 0 N–H and O–H groups in total. The van der Waals surface area contributed by atoms with Gasteiger partial charge in [-0.3, -0.25) is 0 Å². The van der Waals surface area contributed by atoms with Gasteiger partial charge in [0.15, 0.2) is 6.29 Å². The molecule has 0 aliphatic carbocycles. The van der Waals surface area contributed by atoms with Crippen molar-refractivity contribution < 1.29 is 14.2 Å². The minimum absolute atomic E-state index is 0.189. The van der Waals surface area contributed by atoms with Gasteiger partial charge in [-0.25, -0.2) is 0 Å². The van der Waals surface area contributed by atoms with E-state index in [-0.39, 0.29) is 18.3 Å². The first-order valence-electron chi connectivity index (χ1n) is 5.61. The van der Waals surface area contributed by atoms with Crippen molar-refractivity contribution in [2.24, 2.45) is 5.92 Å². The van der Waals surface area contributed by atoms with Gasteiger partial charge in [-0.2, -0.15) is 0 Å². The molecule has 1 fully saturated rings. The van der Waals surface area contributed by atoms with Gasteiger partial charge in [-0.15, -0.1) is 6.58 Å². The van der Waals surface area contributed by atoms with Crippen LogP contribution in [0.25, 0.3) is 0 Å². The molecule has 1 heterocycles. The lowest BCUT2D eigenvalue weighted by Crippen LogP contribution is -2.37. The Balaban J connectivity index is 2.57. The highest BCUT2D eigenvalue weighted by molar-refractivity contribution is 4.82.